The summed E-state index contributed by atoms with van der Waals surface area (Å²) in [6.07, 6.45) is 4.42. The largest absolute Gasteiger partial charge is 0.416 e. The normalized spacial score (nSPS) is 37.3. The van der Waals surface area contributed by atoms with Crippen LogP contribution in [0.1, 0.15) is 74.1 Å². The van der Waals surface area contributed by atoms with E-state index in [1.165, 1.54) is 19.3 Å². The van der Waals surface area contributed by atoms with E-state index in [0.717, 1.165) is 13.0 Å². The third-order valence-corrected chi connectivity index (χ3v) is 12.2. The van der Waals surface area contributed by atoms with Gasteiger partial charge in [-0.05, 0) is 66.5 Å². The van der Waals surface area contributed by atoms with Gasteiger partial charge in [-0.1, -0.05) is 48.5 Å². The van der Waals surface area contributed by atoms with Crippen molar-refractivity contribution in [3.05, 3.63) is 0 Å². The molecule has 146 valence electrons. The highest BCUT2D eigenvalue weighted by Crippen LogP contribution is 2.53. The molecule has 0 aromatic heterocycles. The number of carbonyl (C=O) groups is 1. The van der Waals surface area contributed by atoms with Crippen LogP contribution in [-0.2, 0) is 9.22 Å². The monoisotopic (exact) mass is 366 g/mol. The predicted molar refractivity (Wildman–Crippen MR) is 109 cm³/mol. The Kier molecular flexibility index (Phi) is 6.01. The van der Waals surface area contributed by atoms with Crippen molar-refractivity contribution in [2.24, 2.45) is 35.0 Å². The van der Waals surface area contributed by atoms with E-state index in [0.29, 0.717) is 35.4 Å². The van der Waals surface area contributed by atoms with Gasteiger partial charge in [0.25, 0.3) is 0 Å². The SMILES string of the molecule is CC(C)[C@H]1CC[C@@H](C)[C@H]2C(=O)C[C@](C)(CO[Si](C)(C)C(C)(C)C)C[C@@H]21. The summed E-state index contributed by atoms with van der Waals surface area (Å²) in [5, 5.41) is 0.227. The number of ketones is 1. The summed E-state index contributed by atoms with van der Waals surface area (Å²) in [5.41, 5.74) is 0.0258. The highest BCUT2D eigenvalue weighted by Gasteiger charge is 2.51. The molecule has 2 rings (SSSR count). The lowest BCUT2D eigenvalue weighted by molar-refractivity contribution is -0.140. The van der Waals surface area contributed by atoms with Crippen molar-refractivity contribution < 1.29 is 9.22 Å². The first kappa shape index (κ1) is 21.2. The zero-order chi connectivity index (χ0) is 19.2. The van der Waals surface area contributed by atoms with E-state index in [9.17, 15) is 4.79 Å². The van der Waals surface area contributed by atoms with Gasteiger partial charge in [0.2, 0.25) is 0 Å². The van der Waals surface area contributed by atoms with Gasteiger partial charge in [-0.2, -0.15) is 0 Å². The highest BCUT2D eigenvalue weighted by molar-refractivity contribution is 6.74. The lowest BCUT2D eigenvalue weighted by Crippen LogP contribution is -2.51. The van der Waals surface area contributed by atoms with Crippen molar-refractivity contribution in [3.63, 3.8) is 0 Å². The summed E-state index contributed by atoms with van der Waals surface area (Å²) >= 11 is 0. The van der Waals surface area contributed by atoms with Crippen molar-refractivity contribution in [2.75, 3.05) is 6.61 Å². The van der Waals surface area contributed by atoms with Crippen LogP contribution < -0.4 is 0 Å². The molecule has 2 saturated carbocycles. The van der Waals surface area contributed by atoms with Crippen molar-refractivity contribution in [1.29, 1.82) is 0 Å². The summed E-state index contributed by atoms with van der Waals surface area (Å²) in [6, 6.07) is 0. The molecule has 0 spiro atoms. The average Bonchev–Trinajstić information content (AvgIpc) is 2.43. The summed E-state index contributed by atoms with van der Waals surface area (Å²) in [7, 11) is -1.77. The molecule has 0 heterocycles. The number of carbonyl (C=O) groups excluding carboxylic acids is 1. The van der Waals surface area contributed by atoms with Crippen molar-refractivity contribution >= 4 is 14.1 Å². The lowest BCUT2D eigenvalue weighted by atomic mass is 9.54. The Balaban J connectivity index is 2.17. The van der Waals surface area contributed by atoms with Crippen LogP contribution in [0.15, 0.2) is 0 Å². The smallest absolute Gasteiger partial charge is 0.192 e. The molecule has 0 N–H and O–H groups in total. The molecule has 3 heteroatoms. The quantitative estimate of drug-likeness (QED) is 0.545. The van der Waals surface area contributed by atoms with Gasteiger partial charge in [0.1, 0.15) is 5.78 Å². The van der Waals surface area contributed by atoms with E-state index in [-0.39, 0.29) is 10.5 Å². The van der Waals surface area contributed by atoms with E-state index in [2.05, 4.69) is 61.6 Å². The number of hydrogen-bond donors (Lipinski definition) is 0. The van der Waals surface area contributed by atoms with E-state index >= 15 is 0 Å². The molecule has 2 aliphatic carbocycles. The molecular weight excluding hydrogens is 324 g/mol. The zero-order valence-corrected chi connectivity index (χ0v) is 19.2. The maximum absolute atomic E-state index is 13.1. The zero-order valence-electron chi connectivity index (χ0n) is 18.2. The lowest BCUT2D eigenvalue weighted by Gasteiger charge is -2.51. The van der Waals surface area contributed by atoms with Gasteiger partial charge in [0, 0.05) is 18.9 Å². The summed E-state index contributed by atoms with van der Waals surface area (Å²) in [4.78, 5) is 13.1. The van der Waals surface area contributed by atoms with Crippen molar-refractivity contribution in [2.45, 2.75) is 92.3 Å². The first-order chi connectivity index (χ1) is 11.3. The third kappa shape index (κ3) is 4.40. The number of fused-ring (bicyclic) bond motifs is 1. The van der Waals surface area contributed by atoms with Gasteiger partial charge in [0.15, 0.2) is 8.32 Å². The second-order valence-corrected chi connectivity index (χ2v) is 16.2. The minimum absolute atomic E-state index is 0.0258. The first-order valence-corrected chi connectivity index (χ1v) is 13.3. The molecule has 0 aromatic rings. The van der Waals surface area contributed by atoms with Crippen LogP contribution in [0.5, 0.6) is 0 Å². The predicted octanol–water partition coefficient (Wildman–Crippen LogP) is 6.31. The minimum atomic E-state index is -1.77. The topological polar surface area (TPSA) is 26.3 Å². The van der Waals surface area contributed by atoms with E-state index in [1.807, 2.05) is 0 Å². The highest BCUT2D eigenvalue weighted by atomic mass is 28.4. The van der Waals surface area contributed by atoms with E-state index in [1.54, 1.807) is 0 Å². The van der Waals surface area contributed by atoms with Crippen LogP contribution in [0.3, 0.4) is 0 Å². The molecule has 0 amide bonds. The summed E-state index contributed by atoms with van der Waals surface area (Å²) < 4.78 is 6.57. The number of rotatable bonds is 4. The Bertz CT molecular complexity index is 491. The summed E-state index contributed by atoms with van der Waals surface area (Å²) in [5.74, 6) is 3.35. The summed E-state index contributed by atoms with van der Waals surface area (Å²) in [6.45, 7) is 21.6. The molecule has 0 saturated heterocycles. The van der Waals surface area contributed by atoms with Crippen LogP contribution in [0.4, 0.5) is 0 Å². The van der Waals surface area contributed by atoms with Crippen molar-refractivity contribution in [3.8, 4) is 0 Å². The second kappa shape index (κ2) is 7.11. The Hall–Kier alpha value is -0.153. The number of hydrogen-bond acceptors (Lipinski definition) is 2. The molecule has 0 bridgehead atoms. The minimum Gasteiger partial charge on any atom is -0.416 e. The van der Waals surface area contributed by atoms with Gasteiger partial charge in [-0.15, -0.1) is 0 Å². The molecule has 0 radical (unpaired) electrons. The van der Waals surface area contributed by atoms with Crippen LogP contribution in [0.2, 0.25) is 18.1 Å². The van der Waals surface area contributed by atoms with Crippen LogP contribution in [0, 0.1) is 35.0 Å². The molecule has 2 nitrogen and oxygen atoms in total. The van der Waals surface area contributed by atoms with Crippen molar-refractivity contribution in [1.82, 2.24) is 0 Å². The maximum atomic E-state index is 13.1. The van der Waals surface area contributed by atoms with Crippen LogP contribution >= 0.6 is 0 Å². The van der Waals surface area contributed by atoms with Crippen LogP contribution in [0.25, 0.3) is 0 Å². The fourth-order valence-electron chi connectivity index (χ4n) is 5.06. The molecular formula is C22H42O2Si. The number of Topliss-reactive ketones (excluding diaryl/α,β-unsaturated/α-hetero) is 1. The van der Waals surface area contributed by atoms with Gasteiger partial charge in [-0.3, -0.25) is 4.79 Å². The third-order valence-electron chi connectivity index (χ3n) is 7.72. The fourth-order valence-corrected chi connectivity index (χ4v) is 6.20. The molecule has 2 aliphatic rings. The Morgan fingerprint density at radius 2 is 1.84 bits per heavy atom. The molecule has 0 aliphatic heterocycles. The fraction of sp³-hybridized carbons (Fsp3) is 0.955. The Morgan fingerprint density at radius 1 is 1.24 bits per heavy atom. The van der Waals surface area contributed by atoms with E-state index < -0.39 is 8.32 Å². The van der Waals surface area contributed by atoms with Crippen LogP contribution in [-0.4, -0.2) is 20.7 Å². The average molecular weight is 367 g/mol. The molecule has 5 atom stereocenters. The first-order valence-electron chi connectivity index (χ1n) is 10.4. The Labute approximate surface area is 157 Å². The van der Waals surface area contributed by atoms with Gasteiger partial charge in [0.05, 0.1) is 0 Å². The molecule has 0 unspecified atom stereocenters. The Morgan fingerprint density at radius 3 is 2.36 bits per heavy atom. The van der Waals surface area contributed by atoms with Gasteiger partial charge in [-0.25, -0.2) is 0 Å². The molecule has 25 heavy (non-hydrogen) atoms. The standard InChI is InChI=1S/C22H42O2Si/c1-15(2)17-11-10-16(3)20-18(17)12-22(7,13-19(20)23)14-24-25(8,9)21(4,5)6/h15-18,20H,10-14H2,1-9H3/t16-,17-,18-,20-,22-/m1/s1. The molecule has 0 aromatic carbocycles. The second-order valence-electron chi connectivity index (χ2n) is 11.4. The van der Waals surface area contributed by atoms with Gasteiger partial charge >= 0.3 is 0 Å². The van der Waals surface area contributed by atoms with Gasteiger partial charge < -0.3 is 4.43 Å². The molecule has 2 fully saturated rings. The maximum Gasteiger partial charge on any atom is 0.192 e. The van der Waals surface area contributed by atoms with E-state index in [4.69, 9.17) is 4.43 Å².